The van der Waals surface area contributed by atoms with Crippen molar-refractivity contribution in [2.45, 2.75) is 44.1 Å². The SMILES string of the molecule is CO[C@H]1CCN(c2ccc3c(c2)CN2[C@H](C)CN(c4ccc(C#N)n5nccc45)C[C@H]32)C[C@H]1N. The van der Waals surface area contributed by atoms with Crippen molar-refractivity contribution in [3.05, 3.63) is 59.4 Å². The molecule has 3 aliphatic rings. The van der Waals surface area contributed by atoms with Crippen LogP contribution >= 0.6 is 0 Å². The summed E-state index contributed by atoms with van der Waals surface area (Å²) in [7, 11) is 1.76. The van der Waals surface area contributed by atoms with Gasteiger partial charge in [-0.25, -0.2) is 4.52 Å². The van der Waals surface area contributed by atoms with Crippen molar-refractivity contribution in [3.63, 3.8) is 0 Å². The van der Waals surface area contributed by atoms with Crippen molar-refractivity contribution in [2.24, 2.45) is 5.73 Å². The maximum absolute atomic E-state index is 9.44. The van der Waals surface area contributed by atoms with Crippen molar-refractivity contribution in [1.29, 1.82) is 5.26 Å². The number of nitriles is 1. The number of aromatic nitrogens is 2. The minimum absolute atomic E-state index is 0.0414. The van der Waals surface area contributed by atoms with Crippen LogP contribution in [0.4, 0.5) is 11.4 Å². The molecule has 3 aliphatic heterocycles. The van der Waals surface area contributed by atoms with Gasteiger partial charge in [0, 0.05) is 57.6 Å². The Labute approximate surface area is 200 Å². The largest absolute Gasteiger partial charge is 0.380 e. The van der Waals surface area contributed by atoms with Gasteiger partial charge in [-0.15, -0.1) is 0 Å². The van der Waals surface area contributed by atoms with Gasteiger partial charge in [-0.2, -0.15) is 10.4 Å². The van der Waals surface area contributed by atoms with E-state index < -0.39 is 0 Å². The maximum atomic E-state index is 9.44. The predicted molar refractivity (Wildman–Crippen MR) is 132 cm³/mol. The highest BCUT2D eigenvalue weighted by Crippen LogP contribution is 2.42. The van der Waals surface area contributed by atoms with Crippen LogP contribution in [0, 0.1) is 11.3 Å². The van der Waals surface area contributed by atoms with E-state index >= 15 is 0 Å². The molecule has 34 heavy (non-hydrogen) atoms. The lowest BCUT2D eigenvalue weighted by Gasteiger charge is -2.43. The van der Waals surface area contributed by atoms with E-state index in [1.807, 2.05) is 12.1 Å². The van der Waals surface area contributed by atoms with Crippen LogP contribution in [0.25, 0.3) is 5.52 Å². The zero-order valence-electron chi connectivity index (χ0n) is 19.8. The number of rotatable bonds is 3. The Morgan fingerprint density at radius 1 is 1.12 bits per heavy atom. The first-order valence-electron chi connectivity index (χ1n) is 12.1. The maximum Gasteiger partial charge on any atom is 0.142 e. The highest BCUT2D eigenvalue weighted by atomic mass is 16.5. The van der Waals surface area contributed by atoms with E-state index in [9.17, 15) is 5.26 Å². The second-order valence-electron chi connectivity index (χ2n) is 9.84. The monoisotopic (exact) mass is 457 g/mol. The number of piperidine rings is 1. The smallest absolute Gasteiger partial charge is 0.142 e. The van der Waals surface area contributed by atoms with Crippen molar-refractivity contribution in [1.82, 2.24) is 14.5 Å². The second kappa shape index (κ2) is 8.27. The number of pyridine rings is 1. The number of piperazine rings is 1. The standard InChI is InChI=1S/C26H31N7O/c1-17-13-31(23-6-4-20(12-27)33-24(23)7-9-29-33)16-25-21-5-3-19(11-18(21)14-32(17)25)30-10-8-26(34-2)22(28)15-30/h3-7,9,11,17,22,25-26H,8,10,13-16,28H2,1-2H3/t17-,22-,25-,26+/m1/s1. The Bertz CT molecular complexity index is 1260. The third kappa shape index (κ3) is 3.35. The normalized spacial score (nSPS) is 27.0. The molecule has 8 heteroatoms. The molecular weight excluding hydrogens is 426 g/mol. The zero-order valence-corrected chi connectivity index (χ0v) is 19.8. The second-order valence-corrected chi connectivity index (χ2v) is 9.84. The van der Waals surface area contributed by atoms with Crippen LogP contribution in [0.2, 0.25) is 0 Å². The predicted octanol–water partition coefficient (Wildman–Crippen LogP) is 2.52. The minimum Gasteiger partial charge on any atom is -0.380 e. The number of nitrogens with two attached hydrogens (primary N) is 1. The topological polar surface area (TPSA) is 86.1 Å². The summed E-state index contributed by atoms with van der Waals surface area (Å²) in [6.45, 7) is 6.98. The number of anilines is 2. The molecule has 6 rings (SSSR count). The van der Waals surface area contributed by atoms with Gasteiger partial charge in [-0.05, 0) is 54.8 Å². The number of hydrogen-bond acceptors (Lipinski definition) is 7. The Kier molecular flexibility index (Phi) is 5.21. The molecule has 0 radical (unpaired) electrons. The molecule has 0 saturated carbocycles. The lowest BCUT2D eigenvalue weighted by molar-refractivity contribution is 0.0664. The van der Waals surface area contributed by atoms with E-state index in [4.69, 9.17) is 10.5 Å². The van der Waals surface area contributed by atoms with Crippen LogP contribution in [0.5, 0.6) is 0 Å². The summed E-state index contributed by atoms with van der Waals surface area (Å²) < 4.78 is 7.28. The van der Waals surface area contributed by atoms with E-state index in [1.54, 1.807) is 17.8 Å². The van der Waals surface area contributed by atoms with E-state index in [0.29, 0.717) is 17.8 Å². The Hall–Kier alpha value is -3.12. The van der Waals surface area contributed by atoms with E-state index in [1.165, 1.54) is 16.8 Å². The van der Waals surface area contributed by atoms with Crippen LogP contribution in [-0.2, 0) is 11.3 Å². The van der Waals surface area contributed by atoms with Gasteiger partial charge in [0.15, 0.2) is 0 Å². The van der Waals surface area contributed by atoms with Crippen LogP contribution < -0.4 is 15.5 Å². The fourth-order valence-corrected chi connectivity index (χ4v) is 6.15. The lowest BCUT2D eigenvalue weighted by atomic mass is 9.99. The first-order chi connectivity index (χ1) is 16.6. The van der Waals surface area contributed by atoms with Gasteiger partial charge in [-0.1, -0.05) is 6.07 Å². The number of hydrogen-bond donors (Lipinski definition) is 1. The molecule has 0 aliphatic carbocycles. The fourth-order valence-electron chi connectivity index (χ4n) is 6.15. The summed E-state index contributed by atoms with van der Waals surface area (Å²) in [6, 6.07) is 16.0. The third-order valence-corrected chi connectivity index (χ3v) is 7.93. The van der Waals surface area contributed by atoms with Gasteiger partial charge in [0.2, 0.25) is 0 Å². The number of benzene rings is 1. The Balaban J connectivity index is 1.27. The van der Waals surface area contributed by atoms with E-state index in [-0.39, 0.29) is 12.1 Å². The molecule has 5 heterocycles. The van der Waals surface area contributed by atoms with Gasteiger partial charge in [0.05, 0.1) is 29.5 Å². The molecule has 1 aromatic carbocycles. The molecule has 176 valence electrons. The van der Waals surface area contributed by atoms with Crippen molar-refractivity contribution in [2.75, 3.05) is 43.1 Å². The third-order valence-electron chi connectivity index (χ3n) is 7.93. The number of nitrogens with zero attached hydrogens (tertiary/aromatic N) is 6. The Morgan fingerprint density at radius 2 is 2.00 bits per heavy atom. The molecule has 0 spiro atoms. The van der Waals surface area contributed by atoms with Gasteiger partial charge in [-0.3, -0.25) is 4.90 Å². The molecule has 0 amide bonds. The van der Waals surface area contributed by atoms with Gasteiger partial charge >= 0.3 is 0 Å². The van der Waals surface area contributed by atoms with Crippen molar-refractivity contribution < 1.29 is 4.74 Å². The van der Waals surface area contributed by atoms with Gasteiger partial charge in [0.1, 0.15) is 11.8 Å². The zero-order chi connectivity index (χ0) is 23.4. The summed E-state index contributed by atoms with van der Waals surface area (Å²) in [5.41, 5.74) is 13.2. The molecule has 8 nitrogen and oxygen atoms in total. The van der Waals surface area contributed by atoms with Crippen LogP contribution in [-0.4, -0.2) is 66.0 Å². The number of ether oxygens (including phenoxy) is 1. The highest BCUT2D eigenvalue weighted by Gasteiger charge is 2.39. The number of methoxy groups -OCH3 is 1. The summed E-state index contributed by atoms with van der Waals surface area (Å²) >= 11 is 0. The molecule has 0 bridgehead atoms. The summed E-state index contributed by atoms with van der Waals surface area (Å²) in [4.78, 5) is 7.49. The molecule has 4 atom stereocenters. The molecule has 0 unspecified atom stereocenters. The molecule has 2 saturated heterocycles. The summed E-state index contributed by atoms with van der Waals surface area (Å²) in [6.07, 6.45) is 2.88. The van der Waals surface area contributed by atoms with Crippen molar-refractivity contribution >= 4 is 16.9 Å². The van der Waals surface area contributed by atoms with Gasteiger partial charge < -0.3 is 20.3 Å². The average Bonchev–Trinajstić information content (AvgIpc) is 3.48. The summed E-state index contributed by atoms with van der Waals surface area (Å²) in [5.74, 6) is 0. The average molecular weight is 458 g/mol. The molecule has 3 aromatic rings. The molecule has 2 N–H and O–H groups in total. The fraction of sp³-hybridized carbons (Fsp3) is 0.462. The first-order valence-corrected chi connectivity index (χ1v) is 12.1. The van der Waals surface area contributed by atoms with Gasteiger partial charge in [0.25, 0.3) is 0 Å². The summed E-state index contributed by atoms with van der Waals surface area (Å²) in [5, 5.41) is 13.8. The minimum atomic E-state index is 0.0414. The number of fused-ring (bicyclic) bond motifs is 4. The highest BCUT2D eigenvalue weighted by molar-refractivity contribution is 5.74. The van der Waals surface area contributed by atoms with Crippen LogP contribution in [0.3, 0.4) is 0 Å². The lowest BCUT2D eigenvalue weighted by Crippen LogP contribution is -2.52. The molecule has 2 aromatic heterocycles. The quantitative estimate of drug-likeness (QED) is 0.647. The van der Waals surface area contributed by atoms with E-state index in [2.05, 4.69) is 57.1 Å². The van der Waals surface area contributed by atoms with Crippen LogP contribution in [0.15, 0.2) is 42.6 Å². The van der Waals surface area contributed by atoms with E-state index in [0.717, 1.165) is 50.3 Å². The Morgan fingerprint density at radius 3 is 2.79 bits per heavy atom. The van der Waals surface area contributed by atoms with Crippen molar-refractivity contribution in [3.8, 4) is 6.07 Å². The molecule has 2 fully saturated rings. The van der Waals surface area contributed by atoms with Crippen LogP contribution in [0.1, 0.15) is 36.2 Å². The molecular formula is C26H31N7O. The first kappa shape index (κ1) is 21.4.